The summed E-state index contributed by atoms with van der Waals surface area (Å²) in [5, 5.41) is 0.201. The van der Waals surface area contributed by atoms with E-state index in [9.17, 15) is 4.39 Å². The van der Waals surface area contributed by atoms with Gasteiger partial charge >= 0.3 is 0 Å². The van der Waals surface area contributed by atoms with Gasteiger partial charge in [0.15, 0.2) is 0 Å². The molecule has 78 valence electrons. The molecule has 0 heterocycles. The van der Waals surface area contributed by atoms with E-state index in [4.69, 9.17) is 11.6 Å². The molecule has 0 spiro atoms. The highest BCUT2D eigenvalue weighted by Crippen LogP contribution is 2.29. The van der Waals surface area contributed by atoms with E-state index >= 15 is 0 Å². The van der Waals surface area contributed by atoms with Crippen molar-refractivity contribution in [1.82, 2.24) is 0 Å². The first-order valence-corrected chi connectivity index (χ1v) is 5.39. The lowest BCUT2D eigenvalue weighted by molar-refractivity contribution is 0.482. The lowest BCUT2D eigenvalue weighted by Crippen LogP contribution is -2.05. The number of hydrogen-bond donors (Lipinski definition) is 0. The summed E-state index contributed by atoms with van der Waals surface area (Å²) in [6, 6.07) is 5.10. The van der Waals surface area contributed by atoms with E-state index in [2.05, 4.69) is 20.8 Å². The topological polar surface area (TPSA) is 0 Å². The molecule has 0 aromatic heterocycles. The third kappa shape index (κ3) is 2.48. The van der Waals surface area contributed by atoms with Gasteiger partial charge in [0.2, 0.25) is 0 Å². The van der Waals surface area contributed by atoms with E-state index in [0.29, 0.717) is 11.8 Å². The van der Waals surface area contributed by atoms with Crippen LogP contribution in [0.2, 0.25) is 5.02 Å². The summed E-state index contributed by atoms with van der Waals surface area (Å²) in [4.78, 5) is 0. The SMILES string of the molecule is CC[C@H](c1ccc(Cl)c(F)c1)C(C)C. The fourth-order valence-corrected chi connectivity index (χ4v) is 1.95. The third-order valence-electron chi connectivity index (χ3n) is 2.62. The van der Waals surface area contributed by atoms with Crippen LogP contribution >= 0.6 is 11.6 Å². The second-order valence-corrected chi connectivity index (χ2v) is 4.34. The molecule has 0 fully saturated rings. The first kappa shape index (κ1) is 11.5. The molecule has 0 nitrogen and oxygen atoms in total. The summed E-state index contributed by atoms with van der Waals surface area (Å²) in [5.74, 6) is 0.630. The maximum atomic E-state index is 13.2. The smallest absolute Gasteiger partial charge is 0.142 e. The van der Waals surface area contributed by atoms with Crippen molar-refractivity contribution in [3.63, 3.8) is 0 Å². The number of rotatable bonds is 3. The van der Waals surface area contributed by atoms with Gasteiger partial charge in [-0.2, -0.15) is 0 Å². The first-order valence-electron chi connectivity index (χ1n) is 5.01. The summed E-state index contributed by atoms with van der Waals surface area (Å²) < 4.78 is 13.2. The molecule has 14 heavy (non-hydrogen) atoms. The molecule has 0 aliphatic heterocycles. The van der Waals surface area contributed by atoms with Crippen LogP contribution in [-0.2, 0) is 0 Å². The van der Waals surface area contributed by atoms with Crippen molar-refractivity contribution in [3.05, 3.63) is 34.6 Å². The molecule has 1 aromatic carbocycles. The zero-order chi connectivity index (χ0) is 10.7. The highest BCUT2D eigenvalue weighted by Gasteiger charge is 2.14. The molecule has 0 saturated heterocycles. The maximum Gasteiger partial charge on any atom is 0.142 e. The normalized spacial score (nSPS) is 13.3. The molecular formula is C12H16ClF. The van der Waals surface area contributed by atoms with E-state index < -0.39 is 0 Å². The van der Waals surface area contributed by atoms with E-state index in [1.165, 1.54) is 0 Å². The summed E-state index contributed by atoms with van der Waals surface area (Å²) >= 11 is 5.63. The van der Waals surface area contributed by atoms with Crippen LogP contribution in [0.3, 0.4) is 0 Å². The second-order valence-electron chi connectivity index (χ2n) is 3.93. The molecule has 0 aliphatic carbocycles. The summed E-state index contributed by atoms with van der Waals surface area (Å²) in [6.45, 7) is 6.43. The van der Waals surface area contributed by atoms with Gasteiger partial charge in [0, 0.05) is 0 Å². The number of halogens is 2. The van der Waals surface area contributed by atoms with Crippen molar-refractivity contribution in [2.24, 2.45) is 5.92 Å². The van der Waals surface area contributed by atoms with Crippen LogP contribution in [0.5, 0.6) is 0 Å². The highest BCUT2D eigenvalue weighted by molar-refractivity contribution is 6.30. The lowest BCUT2D eigenvalue weighted by atomic mass is 9.86. The van der Waals surface area contributed by atoms with Crippen LogP contribution in [0.4, 0.5) is 4.39 Å². The van der Waals surface area contributed by atoms with Crippen LogP contribution in [0.1, 0.15) is 38.7 Å². The zero-order valence-electron chi connectivity index (χ0n) is 8.85. The van der Waals surface area contributed by atoms with Gasteiger partial charge in [-0.1, -0.05) is 38.4 Å². The minimum atomic E-state index is -0.316. The van der Waals surface area contributed by atoms with E-state index in [-0.39, 0.29) is 10.8 Å². The average molecular weight is 215 g/mol. The Morgan fingerprint density at radius 3 is 2.43 bits per heavy atom. The Morgan fingerprint density at radius 1 is 1.36 bits per heavy atom. The Labute approximate surface area is 90.1 Å². The van der Waals surface area contributed by atoms with E-state index in [0.717, 1.165) is 12.0 Å². The molecule has 0 unspecified atom stereocenters. The van der Waals surface area contributed by atoms with Crippen LogP contribution in [0.25, 0.3) is 0 Å². The number of benzene rings is 1. The van der Waals surface area contributed by atoms with Gasteiger partial charge in [-0.15, -0.1) is 0 Å². The van der Waals surface area contributed by atoms with Gasteiger partial charge in [-0.25, -0.2) is 4.39 Å². The molecule has 0 bridgehead atoms. The predicted octanol–water partition coefficient (Wildman–Crippen LogP) is 4.63. The molecule has 2 heteroatoms. The Morgan fingerprint density at radius 2 is 2.00 bits per heavy atom. The molecular weight excluding hydrogens is 199 g/mol. The van der Waals surface area contributed by atoms with Crippen LogP contribution in [0, 0.1) is 11.7 Å². The molecule has 0 N–H and O–H groups in total. The summed E-state index contributed by atoms with van der Waals surface area (Å²) in [5.41, 5.74) is 1.05. The van der Waals surface area contributed by atoms with E-state index in [1.807, 2.05) is 6.07 Å². The van der Waals surface area contributed by atoms with Crippen molar-refractivity contribution < 1.29 is 4.39 Å². The predicted molar refractivity (Wildman–Crippen MR) is 59.3 cm³/mol. The summed E-state index contributed by atoms with van der Waals surface area (Å²) in [6.07, 6.45) is 1.03. The highest BCUT2D eigenvalue weighted by atomic mass is 35.5. The fourth-order valence-electron chi connectivity index (χ4n) is 1.84. The monoisotopic (exact) mass is 214 g/mol. The Hall–Kier alpha value is -0.560. The molecule has 1 rings (SSSR count). The molecule has 0 saturated carbocycles. The number of hydrogen-bond acceptors (Lipinski definition) is 0. The fraction of sp³-hybridized carbons (Fsp3) is 0.500. The van der Waals surface area contributed by atoms with Crippen molar-refractivity contribution in [1.29, 1.82) is 0 Å². The minimum absolute atomic E-state index is 0.201. The van der Waals surface area contributed by atoms with E-state index in [1.54, 1.807) is 12.1 Å². The van der Waals surface area contributed by atoms with Crippen molar-refractivity contribution in [3.8, 4) is 0 Å². The van der Waals surface area contributed by atoms with Crippen molar-refractivity contribution in [2.45, 2.75) is 33.1 Å². The maximum absolute atomic E-state index is 13.2. The van der Waals surface area contributed by atoms with Crippen LogP contribution < -0.4 is 0 Å². The third-order valence-corrected chi connectivity index (χ3v) is 2.92. The molecule has 1 aromatic rings. The standard InChI is InChI=1S/C12H16ClF/c1-4-10(8(2)3)9-5-6-11(13)12(14)7-9/h5-8,10H,4H2,1-3H3/t10-/m0/s1. The largest absolute Gasteiger partial charge is 0.205 e. The first-order chi connectivity index (χ1) is 6.56. The molecule has 0 amide bonds. The Kier molecular flexibility index (Phi) is 3.94. The van der Waals surface area contributed by atoms with Crippen molar-refractivity contribution >= 4 is 11.6 Å². The molecule has 1 atom stereocenters. The van der Waals surface area contributed by atoms with Crippen LogP contribution in [0.15, 0.2) is 18.2 Å². The van der Waals surface area contributed by atoms with Crippen molar-refractivity contribution in [2.75, 3.05) is 0 Å². The average Bonchev–Trinajstić information content (AvgIpc) is 2.11. The minimum Gasteiger partial charge on any atom is -0.205 e. The lowest BCUT2D eigenvalue weighted by Gasteiger charge is -2.19. The van der Waals surface area contributed by atoms with Crippen LogP contribution in [-0.4, -0.2) is 0 Å². The van der Waals surface area contributed by atoms with Gasteiger partial charge < -0.3 is 0 Å². The zero-order valence-corrected chi connectivity index (χ0v) is 9.61. The summed E-state index contributed by atoms with van der Waals surface area (Å²) in [7, 11) is 0. The second kappa shape index (κ2) is 4.79. The molecule has 0 aliphatic rings. The Balaban J connectivity index is 3.00. The van der Waals surface area contributed by atoms with Gasteiger partial charge in [0.05, 0.1) is 5.02 Å². The van der Waals surface area contributed by atoms with Gasteiger partial charge in [0.25, 0.3) is 0 Å². The van der Waals surface area contributed by atoms with Gasteiger partial charge in [-0.05, 0) is 36.0 Å². The molecule has 0 radical (unpaired) electrons. The van der Waals surface area contributed by atoms with Gasteiger partial charge in [-0.3, -0.25) is 0 Å². The Bertz CT molecular complexity index is 307. The quantitative estimate of drug-likeness (QED) is 0.688. The van der Waals surface area contributed by atoms with Gasteiger partial charge in [0.1, 0.15) is 5.82 Å².